The van der Waals surface area contributed by atoms with E-state index in [1.54, 1.807) is 0 Å². The summed E-state index contributed by atoms with van der Waals surface area (Å²) in [7, 11) is 0. The highest BCUT2D eigenvalue weighted by Gasteiger charge is 2.12. The molecule has 0 aliphatic heterocycles. The van der Waals surface area contributed by atoms with E-state index in [4.69, 9.17) is 5.73 Å². The first kappa shape index (κ1) is 14.1. The molecule has 0 aliphatic rings. The van der Waals surface area contributed by atoms with Crippen molar-refractivity contribution in [2.75, 3.05) is 11.9 Å². The van der Waals surface area contributed by atoms with E-state index in [1.165, 1.54) is 0 Å². The van der Waals surface area contributed by atoms with Crippen LogP contribution in [-0.2, 0) is 4.79 Å². The number of halogens is 3. The molecule has 0 aliphatic carbocycles. The van der Waals surface area contributed by atoms with E-state index in [9.17, 15) is 13.6 Å². The van der Waals surface area contributed by atoms with Gasteiger partial charge in [-0.1, -0.05) is 0 Å². The molecule has 0 heterocycles. The highest BCUT2D eigenvalue weighted by atomic mass is 79.9. The predicted octanol–water partition coefficient (Wildman–Crippen LogP) is 2.79. The van der Waals surface area contributed by atoms with Crippen LogP contribution in [0.25, 0.3) is 0 Å². The molecule has 0 atom stereocenters. The number of nitrogens with one attached hydrogen (secondary N) is 1. The molecule has 1 aromatic rings. The van der Waals surface area contributed by atoms with E-state index in [-0.39, 0.29) is 22.5 Å². The van der Waals surface area contributed by atoms with E-state index in [0.717, 1.165) is 18.6 Å². The number of benzene rings is 1. The normalized spacial score (nSPS) is 10.4. The number of rotatable bonds is 5. The highest BCUT2D eigenvalue weighted by Crippen LogP contribution is 2.26. The molecule has 0 unspecified atom stereocenters. The summed E-state index contributed by atoms with van der Waals surface area (Å²) in [6.45, 7) is 0.516. The third kappa shape index (κ3) is 4.40. The Morgan fingerprint density at radius 2 is 2.06 bits per heavy atom. The number of carbonyl (C=O) groups is 1. The third-order valence-electron chi connectivity index (χ3n) is 2.13. The minimum absolute atomic E-state index is 0.0378. The van der Waals surface area contributed by atoms with Gasteiger partial charge in [0.1, 0.15) is 5.82 Å². The summed E-state index contributed by atoms with van der Waals surface area (Å²) < 4.78 is 26.3. The molecule has 1 rings (SSSR count). The Morgan fingerprint density at radius 1 is 1.35 bits per heavy atom. The topological polar surface area (TPSA) is 55.1 Å². The lowest BCUT2D eigenvalue weighted by Gasteiger charge is -2.08. The maximum Gasteiger partial charge on any atom is 0.224 e. The van der Waals surface area contributed by atoms with Gasteiger partial charge in [0.05, 0.1) is 5.69 Å². The van der Waals surface area contributed by atoms with Crippen LogP contribution in [0.2, 0.25) is 0 Å². The van der Waals surface area contributed by atoms with E-state index < -0.39 is 11.6 Å². The number of anilines is 1. The second kappa shape index (κ2) is 6.66. The van der Waals surface area contributed by atoms with Crippen LogP contribution in [0.3, 0.4) is 0 Å². The lowest BCUT2D eigenvalue weighted by Crippen LogP contribution is -2.13. The molecule has 94 valence electrons. The van der Waals surface area contributed by atoms with Gasteiger partial charge in [0.2, 0.25) is 5.91 Å². The SMILES string of the molecule is NCCCCC(=O)Nc1c(F)cc(F)cc1Br. The van der Waals surface area contributed by atoms with Gasteiger partial charge in [-0.3, -0.25) is 4.79 Å². The summed E-state index contributed by atoms with van der Waals surface area (Å²) in [5.41, 5.74) is 5.25. The lowest BCUT2D eigenvalue weighted by molar-refractivity contribution is -0.116. The van der Waals surface area contributed by atoms with Gasteiger partial charge in [0, 0.05) is 17.0 Å². The molecule has 0 bridgehead atoms. The van der Waals surface area contributed by atoms with Crippen LogP contribution in [0.1, 0.15) is 19.3 Å². The first-order chi connectivity index (χ1) is 8.04. The summed E-state index contributed by atoms with van der Waals surface area (Å²) in [6.07, 6.45) is 1.64. The first-order valence-electron chi connectivity index (χ1n) is 5.19. The average molecular weight is 307 g/mol. The smallest absolute Gasteiger partial charge is 0.224 e. The van der Waals surface area contributed by atoms with Crippen molar-refractivity contribution < 1.29 is 13.6 Å². The van der Waals surface area contributed by atoms with Crippen molar-refractivity contribution in [3.05, 3.63) is 28.2 Å². The Labute approximate surface area is 107 Å². The Bertz CT molecular complexity index is 389. The van der Waals surface area contributed by atoms with Crippen molar-refractivity contribution in [1.82, 2.24) is 0 Å². The second-order valence-electron chi connectivity index (χ2n) is 3.54. The van der Waals surface area contributed by atoms with Gasteiger partial charge < -0.3 is 11.1 Å². The van der Waals surface area contributed by atoms with Crippen molar-refractivity contribution in [2.45, 2.75) is 19.3 Å². The molecule has 0 radical (unpaired) electrons. The fourth-order valence-electron chi connectivity index (χ4n) is 1.29. The van der Waals surface area contributed by atoms with E-state index in [0.29, 0.717) is 13.0 Å². The van der Waals surface area contributed by atoms with Gasteiger partial charge in [-0.2, -0.15) is 0 Å². The van der Waals surface area contributed by atoms with E-state index in [1.807, 2.05) is 0 Å². The van der Waals surface area contributed by atoms with Gasteiger partial charge in [0.15, 0.2) is 5.82 Å². The van der Waals surface area contributed by atoms with Crippen molar-refractivity contribution in [2.24, 2.45) is 5.73 Å². The number of hydrogen-bond acceptors (Lipinski definition) is 2. The quantitative estimate of drug-likeness (QED) is 0.822. The molecule has 0 spiro atoms. The lowest BCUT2D eigenvalue weighted by atomic mass is 10.2. The van der Waals surface area contributed by atoms with Crippen LogP contribution in [0, 0.1) is 11.6 Å². The summed E-state index contributed by atoms with van der Waals surface area (Å²) in [5.74, 6) is -1.82. The first-order valence-corrected chi connectivity index (χ1v) is 5.98. The van der Waals surface area contributed by atoms with Gasteiger partial charge >= 0.3 is 0 Å². The van der Waals surface area contributed by atoms with Crippen LogP contribution in [0.4, 0.5) is 14.5 Å². The molecule has 3 nitrogen and oxygen atoms in total. The maximum atomic E-state index is 13.4. The predicted molar refractivity (Wildman–Crippen MR) is 65.6 cm³/mol. The number of amides is 1. The fourth-order valence-corrected chi connectivity index (χ4v) is 1.80. The molecular formula is C11H13BrF2N2O. The zero-order valence-corrected chi connectivity index (χ0v) is 10.7. The molecular weight excluding hydrogens is 294 g/mol. The van der Waals surface area contributed by atoms with Crippen molar-refractivity contribution >= 4 is 27.5 Å². The van der Waals surface area contributed by atoms with Crippen LogP contribution in [0.5, 0.6) is 0 Å². The zero-order valence-electron chi connectivity index (χ0n) is 9.10. The maximum absolute atomic E-state index is 13.4. The van der Waals surface area contributed by atoms with Gasteiger partial charge in [-0.15, -0.1) is 0 Å². The summed E-state index contributed by atoms with van der Waals surface area (Å²) >= 11 is 2.99. The third-order valence-corrected chi connectivity index (χ3v) is 2.75. The molecule has 0 saturated carbocycles. The Balaban J connectivity index is 2.65. The molecule has 0 aromatic heterocycles. The fraction of sp³-hybridized carbons (Fsp3) is 0.364. The van der Waals surface area contributed by atoms with Crippen LogP contribution in [-0.4, -0.2) is 12.5 Å². The van der Waals surface area contributed by atoms with E-state index in [2.05, 4.69) is 21.2 Å². The largest absolute Gasteiger partial charge is 0.330 e. The van der Waals surface area contributed by atoms with Crippen molar-refractivity contribution in [3.63, 3.8) is 0 Å². The molecule has 17 heavy (non-hydrogen) atoms. The second-order valence-corrected chi connectivity index (χ2v) is 4.39. The Hall–Kier alpha value is -1.01. The van der Waals surface area contributed by atoms with Gasteiger partial charge in [0.25, 0.3) is 0 Å². The van der Waals surface area contributed by atoms with Gasteiger partial charge in [-0.25, -0.2) is 8.78 Å². The standard InChI is InChI=1S/C11H13BrF2N2O/c12-8-5-7(13)6-9(14)11(8)16-10(17)3-1-2-4-15/h5-6H,1-4,15H2,(H,16,17). The average Bonchev–Trinajstić information content (AvgIpc) is 2.24. The minimum atomic E-state index is -0.802. The van der Waals surface area contributed by atoms with E-state index >= 15 is 0 Å². The molecule has 0 fully saturated rings. The molecule has 6 heteroatoms. The Morgan fingerprint density at radius 3 is 2.65 bits per heavy atom. The number of nitrogens with two attached hydrogens (primary N) is 1. The summed E-state index contributed by atoms with van der Waals surface area (Å²) in [5, 5.41) is 2.40. The molecule has 0 saturated heterocycles. The van der Waals surface area contributed by atoms with Crippen molar-refractivity contribution in [1.29, 1.82) is 0 Å². The number of carbonyl (C=O) groups excluding carboxylic acids is 1. The minimum Gasteiger partial charge on any atom is -0.330 e. The number of unbranched alkanes of at least 4 members (excludes halogenated alkanes) is 1. The molecule has 1 aromatic carbocycles. The molecule has 1 amide bonds. The van der Waals surface area contributed by atoms with Crippen LogP contribution in [0.15, 0.2) is 16.6 Å². The molecule has 3 N–H and O–H groups in total. The Kier molecular flexibility index (Phi) is 5.50. The summed E-state index contributed by atoms with van der Waals surface area (Å²) in [4.78, 5) is 11.4. The van der Waals surface area contributed by atoms with Gasteiger partial charge in [-0.05, 0) is 41.4 Å². The summed E-state index contributed by atoms with van der Waals surface area (Å²) in [6, 6.07) is 1.82. The monoisotopic (exact) mass is 306 g/mol. The number of hydrogen-bond donors (Lipinski definition) is 2. The van der Waals surface area contributed by atoms with Crippen molar-refractivity contribution in [3.8, 4) is 0 Å². The van der Waals surface area contributed by atoms with Crippen LogP contribution >= 0.6 is 15.9 Å². The highest BCUT2D eigenvalue weighted by molar-refractivity contribution is 9.10. The van der Waals surface area contributed by atoms with Crippen LogP contribution < -0.4 is 11.1 Å². The zero-order chi connectivity index (χ0) is 12.8.